The zero-order chi connectivity index (χ0) is 14.5. The quantitative estimate of drug-likeness (QED) is 0.517. The van der Waals surface area contributed by atoms with E-state index in [1.165, 1.54) is 0 Å². The number of rotatable bonds is 5. The molecule has 0 aliphatic heterocycles. The van der Waals surface area contributed by atoms with Gasteiger partial charge < -0.3 is 10.1 Å². The van der Waals surface area contributed by atoms with E-state index in [9.17, 15) is 10.1 Å². The highest BCUT2D eigenvalue weighted by molar-refractivity contribution is 6.31. The predicted molar refractivity (Wildman–Crippen MR) is 74.6 cm³/mol. The molecule has 1 heterocycles. The van der Waals surface area contributed by atoms with Gasteiger partial charge in [-0.15, -0.1) is 0 Å². The molecule has 1 N–H and O–H groups in total. The summed E-state index contributed by atoms with van der Waals surface area (Å²) in [6, 6.07) is 7.00. The van der Waals surface area contributed by atoms with Gasteiger partial charge in [-0.1, -0.05) is 17.7 Å². The van der Waals surface area contributed by atoms with Crippen LogP contribution >= 0.6 is 11.6 Å². The third-order valence-corrected chi connectivity index (χ3v) is 2.64. The maximum atomic E-state index is 11.0. The van der Waals surface area contributed by atoms with Gasteiger partial charge in [0.2, 0.25) is 11.0 Å². The molecular weight excluding hydrogens is 284 g/mol. The molecule has 0 unspecified atom stereocenters. The summed E-state index contributed by atoms with van der Waals surface area (Å²) in [5.74, 6) is 0.684. The third-order valence-electron chi connectivity index (χ3n) is 2.37. The molecule has 0 fully saturated rings. The maximum Gasteiger partial charge on any atom is 0.348 e. The molecular formula is C12H11ClN4O3. The Bertz CT molecular complexity index is 636. The van der Waals surface area contributed by atoms with E-state index >= 15 is 0 Å². The first-order chi connectivity index (χ1) is 9.61. The van der Waals surface area contributed by atoms with Crippen LogP contribution in [0.15, 0.2) is 30.6 Å². The Hall–Kier alpha value is -2.41. The van der Waals surface area contributed by atoms with E-state index in [4.69, 9.17) is 16.3 Å². The molecule has 0 bridgehead atoms. The van der Waals surface area contributed by atoms with Crippen molar-refractivity contribution in [2.45, 2.75) is 6.92 Å². The predicted octanol–water partition coefficient (Wildman–Crippen LogP) is 3.18. The smallest absolute Gasteiger partial charge is 0.348 e. The van der Waals surface area contributed by atoms with Crippen LogP contribution in [0.3, 0.4) is 0 Å². The van der Waals surface area contributed by atoms with Gasteiger partial charge in [-0.2, -0.15) is 0 Å². The number of halogens is 1. The number of nitrogens with zero attached hydrogens (tertiary/aromatic N) is 3. The Kier molecular flexibility index (Phi) is 4.31. The number of nitrogens with one attached hydrogen (secondary N) is 1. The molecule has 0 amide bonds. The minimum atomic E-state index is -0.628. The van der Waals surface area contributed by atoms with Gasteiger partial charge in [-0.05, 0) is 19.1 Å². The van der Waals surface area contributed by atoms with Crippen LogP contribution in [-0.2, 0) is 0 Å². The first-order valence-corrected chi connectivity index (χ1v) is 6.14. The van der Waals surface area contributed by atoms with Gasteiger partial charge in [0.05, 0.1) is 11.5 Å². The molecule has 1 aromatic carbocycles. The Morgan fingerprint density at radius 1 is 1.45 bits per heavy atom. The summed E-state index contributed by atoms with van der Waals surface area (Å²) in [5.41, 5.74) is 0.241. The van der Waals surface area contributed by atoms with Crippen molar-refractivity contribution >= 4 is 28.8 Å². The number of hydrogen-bond donors (Lipinski definition) is 1. The van der Waals surface area contributed by atoms with Gasteiger partial charge in [0.25, 0.3) is 0 Å². The van der Waals surface area contributed by atoms with E-state index in [0.717, 1.165) is 6.33 Å². The summed E-state index contributed by atoms with van der Waals surface area (Å²) >= 11 is 5.71. The normalized spacial score (nSPS) is 10.1. The Morgan fingerprint density at radius 3 is 2.95 bits per heavy atom. The standard InChI is InChI=1S/C12H11ClN4O3/c1-2-20-9-5-3-4-8(6-9)16-12-10(17(18)19)11(13)14-7-15-12/h3-7H,2H2,1H3,(H,14,15,16). The zero-order valence-electron chi connectivity index (χ0n) is 10.5. The number of ether oxygens (including phenoxy) is 1. The largest absolute Gasteiger partial charge is 0.494 e. The Labute approximate surface area is 119 Å². The van der Waals surface area contributed by atoms with Crippen molar-refractivity contribution in [1.82, 2.24) is 9.97 Å². The minimum absolute atomic E-state index is 0.0312. The number of aromatic nitrogens is 2. The van der Waals surface area contributed by atoms with Crippen LogP contribution in [0.5, 0.6) is 5.75 Å². The lowest BCUT2D eigenvalue weighted by Crippen LogP contribution is -2.02. The average molecular weight is 295 g/mol. The van der Waals surface area contributed by atoms with Crippen LogP contribution in [-0.4, -0.2) is 21.5 Å². The second kappa shape index (κ2) is 6.16. The monoisotopic (exact) mass is 294 g/mol. The van der Waals surface area contributed by atoms with Crippen molar-refractivity contribution in [3.8, 4) is 5.75 Å². The van der Waals surface area contributed by atoms with Gasteiger partial charge in [0, 0.05) is 11.8 Å². The van der Waals surface area contributed by atoms with Crippen molar-refractivity contribution in [3.05, 3.63) is 45.9 Å². The highest BCUT2D eigenvalue weighted by atomic mass is 35.5. The second-order valence-corrected chi connectivity index (χ2v) is 4.06. The fourth-order valence-electron chi connectivity index (χ4n) is 1.58. The fourth-order valence-corrected chi connectivity index (χ4v) is 1.78. The van der Waals surface area contributed by atoms with Crippen LogP contribution in [0.4, 0.5) is 17.2 Å². The van der Waals surface area contributed by atoms with Gasteiger partial charge in [0.1, 0.15) is 12.1 Å². The molecule has 20 heavy (non-hydrogen) atoms. The topological polar surface area (TPSA) is 90.2 Å². The number of nitro groups is 1. The molecule has 0 saturated carbocycles. The average Bonchev–Trinajstić information content (AvgIpc) is 2.39. The highest BCUT2D eigenvalue weighted by Crippen LogP contribution is 2.31. The Morgan fingerprint density at radius 2 is 2.25 bits per heavy atom. The van der Waals surface area contributed by atoms with Crippen LogP contribution in [0.2, 0.25) is 5.15 Å². The third kappa shape index (κ3) is 3.12. The lowest BCUT2D eigenvalue weighted by molar-refractivity contribution is -0.384. The lowest BCUT2D eigenvalue weighted by atomic mass is 10.3. The van der Waals surface area contributed by atoms with Gasteiger partial charge >= 0.3 is 5.69 Å². The van der Waals surface area contributed by atoms with E-state index < -0.39 is 4.92 Å². The van der Waals surface area contributed by atoms with Crippen LogP contribution in [0.25, 0.3) is 0 Å². The molecule has 2 rings (SSSR count). The van der Waals surface area contributed by atoms with Crippen molar-refractivity contribution in [3.63, 3.8) is 0 Å². The van der Waals surface area contributed by atoms with E-state index in [-0.39, 0.29) is 16.7 Å². The van der Waals surface area contributed by atoms with E-state index in [1.54, 1.807) is 24.3 Å². The van der Waals surface area contributed by atoms with Crippen LogP contribution in [0.1, 0.15) is 6.92 Å². The molecule has 1 aromatic heterocycles. The number of anilines is 2. The van der Waals surface area contributed by atoms with Crippen molar-refractivity contribution in [2.75, 3.05) is 11.9 Å². The first-order valence-electron chi connectivity index (χ1n) is 5.76. The second-order valence-electron chi connectivity index (χ2n) is 3.70. The summed E-state index contributed by atoms with van der Waals surface area (Å²) in [4.78, 5) is 17.8. The summed E-state index contributed by atoms with van der Waals surface area (Å²) in [7, 11) is 0. The number of benzene rings is 1. The van der Waals surface area contributed by atoms with Gasteiger partial charge in [0.15, 0.2) is 0 Å². The molecule has 8 heteroatoms. The first kappa shape index (κ1) is 14.0. The molecule has 0 spiro atoms. The molecule has 0 aliphatic rings. The molecule has 0 aliphatic carbocycles. The van der Waals surface area contributed by atoms with Crippen LogP contribution in [0, 0.1) is 10.1 Å². The molecule has 0 atom stereocenters. The summed E-state index contributed by atoms with van der Waals surface area (Å²) < 4.78 is 5.35. The number of hydrogen-bond acceptors (Lipinski definition) is 6. The van der Waals surface area contributed by atoms with E-state index in [0.29, 0.717) is 18.0 Å². The van der Waals surface area contributed by atoms with Crippen molar-refractivity contribution in [2.24, 2.45) is 0 Å². The zero-order valence-corrected chi connectivity index (χ0v) is 11.3. The molecule has 104 valence electrons. The molecule has 2 aromatic rings. The molecule has 0 radical (unpaired) electrons. The Balaban J connectivity index is 2.32. The summed E-state index contributed by atoms with van der Waals surface area (Å²) in [5, 5.41) is 13.6. The van der Waals surface area contributed by atoms with Crippen molar-refractivity contribution in [1.29, 1.82) is 0 Å². The van der Waals surface area contributed by atoms with Gasteiger partial charge in [-0.25, -0.2) is 9.97 Å². The van der Waals surface area contributed by atoms with E-state index in [1.807, 2.05) is 6.92 Å². The van der Waals surface area contributed by atoms with Crippen molar-refractivity contribution < 1.29 is 9.66 Å². The fraction of sp³-hybridized carbons (Fsp3) is 0.167. The molecule has 7 nitrogen and oxygen atoms in total. The van der Waals surface area contributed by atoms with Gasteiger partial charge in [-0.3, -0.25) is 10.1 Å². The highest BCUT2D eigenvalue weighted by Gasteiger charge is 2.21. The summed E-state index contributed by atoms with van der Waals surface area (Å²) in [6.07, 6.45) is 1.16. The van der Waals surface area contributed by atoms with E-state index in [2.05, 4.69) is 15.3 Å². The molecule has 0 saturated heterocycles. The SMILES string of the molecule is CCOc1cccc(Nc2ncnc(Cl)c2[N+](=O)[O-])c1. The lowest BCUT2D eigenvalue weighted by Gasteiger charge is -2.08. The minimum Gasteiger partial charge on any atom is -0.494 e. The van der Waals surface area contributed by atoms with Crippen LogP contribution < -0.4 is 10.1 Å². The summed E-state index contributed by atoms with van der Waals surface area (Å²) in [6.45, 7) is 2.40. The maximum absolute atomic E-state index is 11.0.